The van der Waals surface area contributed by atoms with E-state index < -0.39 is 0 Å². The number of rotatable bonds is 8. The summed E-state index contributed by atoms with van der Waals surface area (Å²) >= 11 is 1.51. The SMILES string of the molecule is COc1ccc(/C=N\n2c(Cc3ccccc3)nnc2SC)cc1OC(C)C. The highest BCUT2D eigenvalue weighted by atomic mass is 32.2. The minimum Gasteiger partial charge on any atom is -0.493 e. The predicted molar refractivity (Wildman–Crippen MR) is 113 cm³/mol. The summed E-state index contributed by atoms with van der Waals surface area (Å²) in [7, 11) is 1.63. The van der Waals surface area contributed by atoms with Crippen LogP contribution in [0.4, 0.5) is 0 Å². The Morgan fingerprint density at radius 1 is 1.11 bits per heavy atom. The number of nitrogens with zero attached hydrogens (tertiary/aromatic N) is 4. The van der Waals surface area contributed by atoms with E-state index in [1.165, 1.54) is 11.8 Å². The fourth-order valence-electron chi connectivity index (χ4n) is 2.67. The molecular formula is C21H24N4O2S. The normalized spacial score (nSPS) is 11.3. The van der Waals surface area contributed by atoms with Gasteiger partial charge in [-0.2, -0.15) is 9.78 Å². The summed E-state index contributed by atoms with van der Waals surface area (Å²) in [5.41, 5.74) is 2.07. The molecule has 0 fully saturated rings. The predicted octanol–water partition coefficient (Wildman–Crippen LogP) is 4.27. The molecule has 7 heteroatoms. The molecule has 0 aliphatic rings. The average Bonchev–Trinajstić information content (AvgIpc) is 3.08. The molecule has 1 aromatic heterocycles. The molecule has 0 atom stereocenters. The van der Waals surface area contributed by atoms with Crippen LogP contribution >= 0.6 is 11.8 Å². The third kappa shape index (κ3) is 4.92. The molecule has 2 aromatic carbocycles. The molecule has 1 heterocycles. The van der Waals surface area contributed by atoms with Gasteiger partial charge in [0.15, 0.2) is 17.3 Å². The molecule has 0 saturated carbocycles. The third-order valence-corrected chi connectivity index (χ3v) is 4.56. The monoisotopic (exact) mass is 396 g/mol. The highest BCUT2D eigenvalue weighted by Gasteiger charge is 2.12. The van der Waals surface area contributed by atoms with E-state index >= 15 is 0 Å². The second-order valence-corrected chi connectivity index (χ2v) is 7.17. The number of thioether (sulfide) groups is 1. The number of methoxy groups -OCH3 is 1. The van der Waals surface area contributed by atoms with Crippen molar-refractivity contribution in [1.82, 2.24) is 14.9 Å². The zero-order chi connectivity index (χ0) is 19.9. The molecule has 0 spiro atoms. The summed E-state index contributed by atoms with van der Waals surface area (Å²) in [5.74, 6) is 2.18. The Morgan fingerprint density at radius 2 is 1.89 bits per heavy atom. The van der Waals surface area contributed by atoms with Gasteiger partial charge in [0.1, 0.15) is 0 Å². The number of hydrogen-bond donors (Lipinski definition) is 0. The van der Waals surface area contributed by atoms with E-state index in [0.717, 1.165) is 22.1 Å². The molecule has 28 heavy (non-hydrogen) atoms. The van der Waals surface area contributed by atoms with E-state index in [0.29, 0.717) is 17.9 Å². The fourth-order valence-corrected chi connectivity index (χ4v) is 3.12. The fraction of sp³-hybridized carbons (Fsp3) is 0.286. The molecule has 3 aromatic rings. The molecular weight excluding hydrogens is 372 g/mol. The zero-order valence-corrected chi connectivity index (χ0v) is 17.3. The Morgan fingerprint density at radius 3 is 2.57 bits per heavy atom. The van der Waals surface area contributed by atoms with Crippen molar-refractivity contribution in [2.45, 2.75) is 31.5 Å². The van der Waals surface area contributed by atoms with Crippen LogP contribution in [0, 0.1) is 0 Å². The van der Waals surface area contributed by atoms with Crippen molar-refractivity contribution in [3.05, 3.63) is 65.5 Å². The van der Waals surface area contributed by atoms with E-state index in [1.807, 2.05) is 56.5 Å². The van der Waals surface area contributed by atoms with Crippen molar-refractivity contribution in [2.24, 2.45) is 5.10 Å². The van der Waals surface area contributed by atoms with Gasteiger partial charge in [-0.25, -0.2) is 0 Å². The van der Waals surface area contributed by atoms with Crippen LogP contribution in [0.25, 0.3) is 0 Å². The lowest BCUT2D eigenvalue weighted by atomic mass is 10.1. The molecule has 146 valence electrons. The Labute approximate surface area is 169 Å². The smallest absolute Gasteiger partial charge is 0.211 e. The first-order valence-corrected chi connectivity index (χ1v) is 10.2. The molecule has 0 radical (unpaired) electrons. The van der Waals surface area contributed by atoms with Crippen molar-refractivity contribution in [1.29, 1.82) is 0 Å². The van der Waals surface area contributed by atoms with Gasteiger partial charge >= 0.3 is 0 Å². The highest BCUT2D eigenvalue weighted by molar-refractivity contribution is 7.98. The average molecular weight is 397 g/mol. The Bertz CT molecular complexity index is 939. The van der Waals surface area contributed by atoms with Crippen LogP contribution in [0.3, 0.4) is 0 Å². The van der Waals surface area contributed by atoms with Crippen LogP contribution in [-0.2, 0) is 6.42 Å². The Balaban J connectivity index is 1.88. The van der Waals surface area contributed by atoms with Gasteiger partial charge in [-0.3, -0.25) is 0 Å². The van der Waals surface area contributed by atoms with Crippen LogP contribution in [-0.4, -0.2) is 40.6 Å². The van der Waals surface area contributed by atoms with E-state index in [9.17, 15) is 0 Å². The summed E-state index contributed by atoms with van der Waals surface area (Å²) in [6.07, 6.45) is 4.46. The van der Waals surface area contributed by atoms with Gasteiger partial charge in [0.2, 0.25) is 5.16 Å². The third-order valence-electron chi connectivity index (χ3n) is 3.94. The lowest BCUT2D eigenvalue weighted by molar-refractivity contribution is 0.230. The van der Waals surface area contributed by atoms with Crippen molar-refractivity contribution in [3.63, 3.8) is 0 Å². The summed E-state index contributed by atoms with van der Waals surface area (Å²) in [4.78, 5) is 0. The number of benzene rings is 2. The minimum atomic E-state index is 0.0551. The maximum absolute atomic E-state index is 5.84. The van der Waals surface area contributed by atoms with Gasteiger partial charge in [-0.1, -0.05) is 42.1 Å². The maximum Gasteiger partial charge on any atom is 0.211 e. The first-order valence-electron chi connectivity index (χ1n) is 9.02. The second kappa shape index (κ2) is 9.41. The maximum atomic E-state index is 5.84. The van der Waals surface area contributed by atoms with E-state index in [2.05, 4.69) is 27.4 Å². The summed E-state index contributed by atoms with van der Waals surface area (Å²) in [6, 6.07) is 15.9. The number of ether oxygens (including phenoxy) is 2. The zero-order valence-electron chi connectivity index (χ0n) is 16.5. The van der Waals surface area contributed by atoms with E-state index in [1.54, 1.807) is 18.0 Å². The van der Waals surface area contributed by atoms with Gasteiger partial charge in [0.25, 0.3) is 0 Å². The van der Waals surface area contributed by atoms with Gasteiger partial charge in [0.05, 0.1) is 19.4 Å². The quantitative estimate of drug-likeness (QED) is 0.420. The molecule has 3 rings (SSSR count). The lowest BCUT2D eigenvalue weighted by Crippen LogP contribution is -2.07. The minimum absolute atomic E-state index is 0.0551. The van der Waals surface area contributed by atoms with Crippen molar-refractivity contribution in [3.8, 4) is 11.5 Å². The summed E-state index contributed by atoms with van der Waals surface area (Å²) < 4.78 is 13.0. The molecule has 0 aliphatic heterocycles. The molecule has 0 amide bonds. The molecule has 0 saturated heterocycles. The van der Waals surface area contributed by atoms with Gasteiger partial charge in [-0.15, -0.1) is 10.2 Å². The largest absolute Gasteiger partial charge is 0.493 e. The number of aromatic nitrogens is 3. The van der Waals surface area contributed by atoms with Crippen molar-refractivity contribution >= 4 is 18.0 Å². The van der Waals surface area contributed by atoms with Crippen LogP contribution in [0.1, 0.15) is 30.8 Å². The van der Waals surface area contributed by atoms with Gasteiger partial charge in [0, 0.05) is 6.42 Å². The lowest BCUT2D eigenvalue weighted by Gasteiger charge is -2.13. The first kappa shape index (κ1) is 19.9. The Hall–Kier alpha value is -2.80. The number of hydrogen-bond acceptors (Lipinski definition) is 6. The molecule has 0 N–H and O–H groups in total. The van der Waals surface area contributed by atoms with Crippen LogP contribution in [0.5, 0.6) is 11.5 Å². The van der Waals surface area contributed by atoms with E-state index in [4.69, 9.17) is 9.47 Å². The van der Waals surface area contributed by atoms with E-state index in [-0.39, 0.29) is 6.10 Å². The van der Waals surface area contributed by atoms with Crippen molar-refractivity contribution < 1.29 is 9.47 Å². The van der Waals surface area contributed by atoms with Crippen LogP contribution in [0.2, 0.25) is 0 Å². The molecule has 6 nitrogen and oxygen atoms in total. The van der Waals surface area contributed by atoms with Gasteiger partial charge < -0.3 is 9.47 Å². The Kier molecular flexibility index (Phi) is 6.71. The first-order chi connectivity index (χ1) is 13.6. The molecule has 0 bridgehead atoms. The molecule has 0 unspecified atom stereocenters. The summed E-state index contributed by atoms with van der Waals surface area (Å²) in [5, 5.41) is 13.9. The summed E-state index contributed by atoms with van der Waals surface area (Å²) in [6.45, 7) is 3.97. The van der Waals surface area contributed by atoms with Crippen LogP contribution in [0.15, 0.2) is 58.8 Å². The van der Waals surface area contributed by atoms with Gasteiger partial charge in [-0.05, 0) is 49.4 Å². The standard InChI is InChI=1S/C21H24N4O2S/c1-15(2)27-19-12-17(10-11-18(19)26-3)14-22-25-20(23-24-21(25)28-4)13-16-8-6-5-7-9-16/h5-12,14-15H,13H2,1-4H3/b22-14-. The highest BCUT2D eigenvalue weighted by Crippen LogP contribution is 2.28. The second-order valence-electron chi connectivity index (χ2n) is 6.40. The topological polar surface area (TPSA) is 61.5 Å². The van der Waals surface area contributed by atoms with Crippen LogP contribution < -0.4 is 9.47 Å². The molecule has 0 aliphatic carbocycles. The van der Waals surface area contributed by atoms with Crippen molar-refractivity contribution in [2.75, 3.05) is 13.4 Å².